The fourth-order valence-electron chi connectivity index (χ4n) is 0.274. The highest BCUT2D eigenvalue weighted by Crippen LogP contribution is 2.13. The van der Waals surface area contributed by atoms with Gasteiger partial charge in [-0.1, -0.05) is 6.92 Å². The normalized spacial score (nSPS) is 11.7. The fourth-order valence-corrected chi connectivity index (χ4v) is 0.873. The highest BCUT2D eigenvalue weighted by atomic mass is 127. The number of rotatable bonds is 3. The van der Waals surface area contributed by atoms with Crippen molar-refractivity contribution in [2.45, 2.75) is 13.3 Å². The summed E-state index contributed by atoms with van der Waals surface area (Å²) in [4.78, 5) is 0. The van der Waals surface area contributed by atoms with Crippen LogP contribution >= 0.6 is 34.8 Å². The molecule has 0 unspecified atom stereocenters. The van der Waals surface area contributed by atoms with E-state index in [9.17, 15) is 0 Å². The zero-order valence-corrected chi connectivity index (χ0v) is 8.57. The third-order valence-corrected chi connectivity index (χ3v) is 2.76. The van der Waals surface area contributed by atoms with E-state index < -0.39 is 0 Å². The number of nitrogens with two attached hydrogens (primary N) is 1. The number of hydrogen-bond donors (Lipinski definition) is 1. The lowest BCUT2D eigenvalue weighted by molar-refractivity contribution is 0.989. The van der Waals surface area contributed by atoms with E-state index >= 15 is 0 Å². The minimum Gasteiger partial charge on any atom is -0.401 e. The van der Waals surface area contributed by atoms with Crippen LogP contribution in [0.1, 0.15) is 13.3 Å². The van der Waals surface area contributed by atoms with Crippen LogP contribution in [0.3, 0.4) is 0 Å². The minimum absolute atomic E-state index is 0.916. The van der Waals surface area contributed by atoms with Gasteiger partial charge in [0.15, 0.2) is 0 Å². The molecule has 0 aliphatic heterocycles. The lowest BCUT2D eigenvalue weighted by Crippen LogP contribution is -1.99. The Kier molecular flexibility index (Phi) is 5.47. The van der Waals surface area contributed by atoms with Crippen LogP contribution in [0, 0.1) is 0 Å². The first-order valence-electron chi connectivity index (χ1n) is 2.66. The van der Waals surface area contributed by atoms with Crippen LogP contribution in [-0.4, -0.2) is 8.77 Å². The first-order chi connectivity index (χ1) is 4.20. The molecule has 2 N–H and O–H groups in total. The van der Waals surface area contributed by atoms with Crippen LogP contribution in [0.4, 0.5) is 0 Å². The van der Waals surface area contributed by atoms with Gasteiger partial charge in [0.2, 0.25) is 0 Å². The molecule has 0 fully saturated rings. The van der Waals surface area contributed by atoms with Crippen molar-refractivity contribution in [1.82, 2.24) is 2.52 Å². The van der Waals surface area contributed by atoms with Gasteiger partial charge in [-0.2, -0.15) is 0 Å². The van der Waals surface area contributed by atoms with Crippen molar-refractivity contribution >= 4 is 34.8 Å². The molecule has 0 amide bonds. The molecule has 54 valence electrons. The van der Waals surface area contributed by atoms with Crippen molar-refractivity contribution < 1.29 is 0 Å². The quantitative estimate of drug-likeness (QED) is 0.477. The van der Waals surface area contributed by atoms with Gasteiger partial charge in [0, 0.05) is 18.2 Å². The molecule has 9 heavy (non-hydrogen) atoms. The van der Waals surface area contributed by atoms with E-state index in [-0.39, 0.29) is 0 Å². The Morgan fingerprint density at radius 3 is 2.78 bits per heavy atom. The van der Waals surface area contributed by atoms with Crippen LogP contribution in [-0.2, 0) is 0 Å². The highest BCUT2D eigenvalue weighted by molar-refractivity contribution is 14.1. The predicted octanol–water partition coefficient (Wildman–Crippen LogP) is 2.13. The van der Waals surface area contributed by atoms with Crippen molar-refractivity contribution in [3.05, 3.63) is 11.9 Å². The summed E-state index contributed by atoms with van der Waals surface area (Å²) in [6.07, 6.45) is 4.84. The Morgan fingerprint density at radius 1 is 1.89 bits per heavy atom. The van der Waals surface area contributed by atoms with Crippen LogP contribution in [0.5, 0.6) is 0 Å². The summed E-state index contributed by atoms with van der Waals surface area (Å²) in [5, 5.41) is 0. The summed E-state index contributed by atoms with van der Waals surface area (Å²) in [5.74, 6) is 0. The summed E-state index contributed by atoms with van der Waals surface area (Å²) in [6, 6.07) is 0. The van der Waals surface area contributed by atoms with Crippen molar-refractivity contribution in [3.8, 4) is 0 Å². The van der Waals surface area contributed by atoms with Crippen LogP contribution in [0.25, 0.3) is 0 Å². The molecule has 0 rings (SSSR count). The van der Waals surface area contributed by atoms with E-state index in [0.29, 0.717) is 0 Å². The van der Waals surface area contributed by atoms with Crippen LogP contribution in [0.2, 0.25) is 0 Å². The molecule has 0 bridgehead atoms. The Labute approximate surface area is 74.5 Å². The number of halogens is 1. The molecule has 4 heteroatoms. The van der Waals surface area contributed by atoms with Gasteiger partial charge < -0.3 is 5.73 Å². The maximum Gasteiger partial charge on any atom is 0.0707 e. The summed E-state index contributed by atoms with van der Waals surface area (Å²) < 4.78 is 1.95. The zero-order valence-electron chi connectivity index (χ0n) is 5.60. The largest absolute Gasteiger partial charge is 0.401 e. The Hall–Kier alpha value is 0.420. The first-order valence-corrected chi connectivity index (χ1v) is 4.80. The maximum atomic E-state index is 5.55. The molecule has 2 nitrogen and oxygen atoms in total. The third-order valence-electron chi connectivity index (χ3n) is 0.850. The molecular formula is C5H11IN2S. The van der Waals surface area contributed by atoms with Crippen LogP contribution in [0.15, 0.2) is 11.9 Å². The zero-order chi connectivity index (χ0) is 7.28. The lowest BCUT2D eigenvalue weighted by atomic mass is 10.4. The molecule has 0 spiro atoms. The van der Waals surface area contributed by atoms with E-state index in [1.165, 1.54) is 0 Å². The molecule has 0 atom stereocenters. The van der Waals surface area contributed by atoms with Gasteiger partial charge >= 0.3 is 0 Å². The van der Waals surface area contributed by atoms with E-state index in [2.05, 4.69) is 22.9 Å². The van der Waals surface area contributed by atoms with Gasteiger partial charge in [-0.15, -0.1) is 0 Å². The molecule has 0 aromatic carbocycles. The Balaban J connectivity index is 3.64. The van der Waals surface area contributed by atoms with Crippen LogP contribution < -0.4 is 5.73 Å². The molecule has 0 radical (unpaired) electrons. The summed E-state index contributed by atoms with van der Waals surface area (Å²) in [6.45, 7) is 2.04. The molecule has 0 aliphatic carbocycles. The third kappa shape index (κ3) is 4.90. The number of allylic oxidation sites excluding steroid dienone is 1. The maximum absolute atomic E-state index is 5.55. The van der Waals surface area contributed by atoms with Gasteiger partial charge in [-0.3, -0.25) is 2.52 Å². The standard InChI is InChI=1S/C5H11IN2S/c1-3-5(7)4-8(6)9-2/h4H,3,7H2,1-2H3/b5-4+. The lowest BCUT2D eigenvalue weighted by Gasteiger charge is -2.06. The van der Waals surface area contributed by atoms with E-state index in [4.69, 9.17) is 5.73 Å². The molecule has 0 aromatic heterocycles. The highest BCUT2D eigenvalue weighted by Gasteiger charge is 1.89. The average molecular weight is 258 g/mol. The average Bonchev–Trinajstić information content (AvgIpc) is 1.87. The summed E-state index contributed by atoms with van der Waals surface area (Å²) in [7, 11) is 0. The van der Waals surface area contributed by atoms with Gasteiger partial charge in [0.05, 0.1) is 22.9 Å². The minimum atomic E-state index is 0.916. The van der Waals surface area contributed by atoms with Gasteiger partial charge in [0.1, 0.15) is 0 Å². The van der Waals surface area contributed by atoms with Gasteiger partial charge in [0.25, 0.3) is 0 Å². The second-order valence-electron chi connectivity index (χ2n) is 1.51. The van der Waals surface area contributed by atoms with Crippen molar-refractivity contribution in [3.63, 3.8) is 0 Å². The number of hydrogen-bond acceptors (Lipinski definition) is 3. The number of nitrogens with zero attached hydrogens (tertiary/aromatic N) is 1. The molecule has 0 saturated carbocycles. The molecule has 0 heterocycles. The summed E-state index contributed by atoms with van der Waals surface area (Å²) >= 11 is 3.82. The van der Waals surface area contributed by atoms with Crippen molar-refractivity contribution in [2.75, 3.05) is 6.26 Å². The fraction of sp³-hybridized carbons (Fsp3) is 0.600. The molecular weight excluding hydrogens is 247 g/mol. The molecule has 0 saturated heterocycles. The Bertz CT molecular complexity index is 105. The van der Waals surface area contributed by atoms with Crippen molar-refractivity contribution in [2.24, 2.45) is 5.73 Å². The first kappa shape index (κ1) is 9.42. The monoisotopic (exact) mass is 258 g/mol. The van der Waals surface area contributed by atoms with Gasteiger partial charge in [-0.25, -0.2) is 0 Å². The second kappa shape index (κ2) is 5.22. The van der Waals surface area contributed by atoms with E-state index in [1.807, 2.05) is 21.9 Å². The molecule has 0 aliphatic rings. The summed E-state index contributed by atoms with van der Waals surface area (Å²) in [5.41, 5.74) is 6.47. The molecule has 0 aromatic rings. The van der Waals surface area contributed by atoms with E-state index in [1.54, 1.807) is 11.9 Å². The predicted molar refractivity (Wildman–Crippen MR) is 51.9 cm³/mol. The smallest absolute Gasteiger partial charge is 0.0707 e. The van der Waals surface area contributed by atoms with Crippen molar-refractivity contribution in [1.29, 1.82) is 0 Å². The van der Waals surface area contributed by atoms with E-state index in [0.717, 1.165) is 12.1 Å². The second-order valence-corrected chi connectivity index (χ2v) is 3.96. The SMILES string of the molecule is CC/C(N)=C\N(I)SC. The van der Waals surface area contributed by atoms with Gasteiger partial charge in [-0.05, 0) is 18.4 Å². The Morgan fingerprint density at radius 2 is 2.44 bits per heavy atom. The topological polar surface area (TPSA) is 29.3 Å².